The molecular weight excluding hydrogens is 356 g/mol. The molecule has 2 aliphatic rings. The van der Waals surface area contributed by atoms with E-state index in [-0.39, 0.29) is 22.6 Å². The van der Waals surface area contributed by atoms with Gasteiger partial charge >= 0.3 is 6.03 Å². The molecule has 0 aromatic rings. The van der Waals surface area contributed by atoms with E-state index in [2.05, 4.69) is 0 Å². The number of fused-ring (bicyclic) bond motifs is 1. The average molecular weight is 377 g/mol. The molecule has 134 valence electrons. The fourth-order valence-corrected chi connectivity index (χ4v) is 3.77. The van der Waals surface area contributed by atoms with Crippen molar-refractivity contribution < 1.29 is 24.0 Å². The van der Waals surface area contributed by atoms with Gasteiger partial charge in [-0.25, -0.2) is 9.28 Å². The third kappa shape index (κ3) is 3.16. The second-order valence-electron chi connectivity index (χ2n) is 5.81. The highest BCUT2D eigenvalue weighted by Gasteiger charge is 2.59. The molecule has 2 heterocycles. The van der Waals surface area contributed by atoms with Gasteiger partial charge < -0.3 is 21.4 Å². The van der Waals surface area contributed by atoms with Crippen molar-refractivity contribution in [3.63, 3.8) is 0 Å². The normalized spacial score (nSPS) is 28.3. The average Bonchev–Trinajstić information content (AvgIpc) is 2.52. The second-order valence-corrected chi connectivity index (χ2v) is 6.92. The molecule has 0 bridgehead atoms. The third-order valence-corrected chi connectivity index (χ3v) is 5.64. The van der Waals surface area contributed by atoms with Crippen LogP contribution in [0.3, 0.4) is 0 Å². The van der Waals surface area contributed by atoms with Crippen molar-refractivity contribution in [1.29, 1.82) is 0 Å². The van der Waals surface area contributed by atoms with Crippen LogP contribution in [0.4, 0.5) is 4.79 Å². The Morgan fingerprint density at radius 3 is 2.71 bits per heavy atom. The summed E-state index contributed by atoms with van der Waals surface area (Å²) in [6.45, 7) is 2.65. The van der Waals surface area contributed by atoms with E-state index in [0.29, 0.717) is 18.8 Å². The molecule has 4 N–H and O–H groups in total. The number of urea groups is 1. The summed E-state index contributed by atoms with van der Waals surface area (Å²) < 4.78 is -0.00745. The van der Waals surface area contributed by atoms with E-state index in [1.165, 1.54) is 23.9 Å². The highest BCUT2D eigenvalue weighted by Crippen LogP contribution is 2.43. The van der Waals surface area contributed by atoms with E-state index in [4.69, 9.17) is 11.5 Å². The van der Waals surface area contributed by atoms with Gasteiger partial charge in [0, 0.05) is 5.75 Å². The van der Waals surface area contributed by atoms with Crippen molar-refractivity contribution in [1.82, 2.24) is 4.90 Å². The number of hydrogen-bond donors (Lipinski definition) is 2. The van der Waals surface area contributed by atoms with Crippen LogP contribution in [-0.2, 0) is 9.59 Å². The van der Waals surface area contributed by atoms with Crippen LogP contribution in [-0.4, -0.2) is 64.1 Å². The summed E-state index contributed by atoms with van der Waals surface area (Å²) in [7, 11) is 1.69. The molecule has 0 aromatic carbocycles. The first kappa shape index (κ1) is 20.5. The van der Waals surface area contributed by atoms with Gasteiger partial charge in [0.25, 0.3) is 5.91 Å². The van der Waals surface area contributed by atoms with Gasteiger partial charge in [-0.2, -0.15) is 0 Å². The first-order chi connectivity index (χ1) is 10.7. The zero-order valence-electron chi connectivity index (χ0n) is 13.4. The minimum atomic E-state index is -1.39. The van der Waals surface area contributed by atoms with Gasteiger partial charge in [-0.15, -0.1) is 24.2 Å². The zero-order chi connectivity index (χ0) is 17.4. The van der Waals surface area contributed by atoms with Crippen LogP contribution in [0.5, 0.6) is 0 Å². The zero-order valence-corrected chi connectivity index (χ0v) is 15.1. The number of halogens is 1. The van der Waals surface area contributed by atoms with E-state index in [1.807, 2.05) is 6.92 Å². The molecule has 2 rings (SSSR count). The van der Waals surface area contributed by atoms with Crippen LogP contribution in [0.1, 0.15) is 6.92 Å². The van der Waals surface area contributed by atoms with Gasteiger partial charge in [-0.3, -0.25) is 9.69 Å². The van der Waals surface area contributed by atoms with E-state index < -0.39 is 28.8 Å². The van der Waals surface area contributed by atoms with Gasteiger partial charge in [0.05, 0.1) is 25.3 Å². The Labute approximate surface area is 150 Å². The number of aliphatic carboxylic acids is 1. The van der Waals surface area contributed by atoms with Crippen LogP contribution < -0.4 is 16.6 Å². The quantitative estimate of drug-likeness (QED) is 0.350. The molecule has 10 heteroatoms. The van der Waals surface area contributed by atoms with Crippen molar-refractivity contribution in [2.75, 3.05) is 25.9 Å². The summed E-state index contributed by atoms with van der Waals surface area (Å²) in [5.41, 5.74) is 10.1. The SMILES string of the molecule is CC[N+](C)(C/C=C/[C@@]1(N)C(=O)N2C(C(=O)[O-])=CCS[C@H]21)C(N)=O.Cl. The number of thioether (sulfide) groups is 1. The molecule has 1 saturated heterocycles. The predicted molar refractivity (Wildman–Crippen MR) is 90.7 cm³/mol. The molecule has 3 amide bonds. The number of likely N-dealkylation sites (N-methyl/N-ethyl adjacent to an activating group) is 1. The molecule has 1 unspecified atom stereocenters. The fourth-order valence-electron chi connectivity index (χ4n) is 2.52. The Morgan fingerprint density at radius 2 is 2.21 bits per heavy atom. The standard InChI is InChI=1S/C14H20N4O4S.ClH/c1-3-18(2,13(15)22)7-4-6-14(16)11(21)17-9(10(19)20)5-8-23-12(14)17;/h4-6,12H,3,7-8,16H2,1-2H3,(H2-,15,19,20,22);1H/b6-4+;/t12-,14+,18?;/m0./s1. The van der Waals surface area contributed by atoms with Gasteiger partial charge in [0.15, 0.2) is 0 Å². The summed E-state index contributed by atoms with van der Waals surface area (Å²) in [5.74, 6) is -1.45. The lowest BCUT2D eigenvalue weighted by atomic mass is 9.87. The highest BCUT2D eigenvalue weighted by molar-refractivity contribution is 8.00. The Kier molecular flexibility index (Phi) is 6.10. The molecule has 1 fully saturated rings. The first-order valence-corrected chi connectivity index (χ1v) is 8.20. The monoisotopic (exact) mass is 376 g/mol. The topological polar surface area (TPSA) is 130 Å². The first-order valence-electron chi connectivity index (χ1n) is 7.15. The maximum Gasteiger partial charge on any atom is 0.414 e. The smallest absolute Gasteiger partial charge is 0.414 e. The molecule has 0 radical (unpaired) electrons. The number of carboxylic acids is 1. The summed E-state index contributed by atoms with van der Waals surface area (Å²) in [6.07, 6.45) is 4.63. The van der Waals surface area contributed by atoms with Crippen molar-refractivity contribution >= 4 is 42.1 Å². The van der Waals surface area contributed by atoms with E-state index in [1.54, 1.807) is 13.1 Å². The lowest BCUT2D eigenvalue weighted by molar-refractivity contribution is -0.820. The van der Waals surface area contributed by atoms with Crippen molar-refractivity contribution in [2.24, 2.45) is 11.5 Å². The van der Waals surface area contributed by atoms with Crippen molar-refractivity contribution in [3.05, 3.63) is 23.9 Å². The van der Waals surface area contributed by atoms with Crippen molar-refractivity contribution in [3.8, 4) is 0 Å². The van der Waals surface area contributed by atoms with Crippen LogP contribution in [0.15, 0.2) is 23.9 Å². The third-order valence-electron chi connectivity index (χ3n) is 4.36. The Balaban J connectivity index is 0.00000288. The molecule has 3 atom stereocenters. The molecule has 0 aromatic heterocycles. The van der Waals surface area contributed by atoms with Crippen LogP contribution in [0, 0.1) is 0 Å². The van der Waals surface area contributed by atoms with Gasteiger partial charge in [-0.05, 0) is 19.1 Å². The number of carbonyl (C=O) groups is 3. The fraction of sp³-hybridized carbons (Fsp3) is 0.500. The van der Waals surface area contributed by atoms with Crippen molar-refractivity contribution in [2.45, 2.75) is 17.8 Å². The molecule has 0 aliphatic carbocycles. The van der Waals surface area contributed by atoms with Crippen LogP contribution >= 0.6 is 24.2 Å². The van der Waals surface area contributed by atoms with Gasteiger partial charge in [0.2, 0.25) is 0 Å². The molecule has 0 saturated carbocycles. The molecule has 2 aliphatic heterocycles. The number of primary amides is 1. The number of rotatable bonds is 5. The summed E-state index contributed by atoms with van der Waals surface area (Å²) in [5, 5.41) is 10.6. The summed E-state index contributed by atoms with van der Waals surface area (Å²) in [4.78, 5) is 36.0. The Hall–Kier alpha value is -1.55. The second kappa shape index (κ2) is 7.14. The maximum absolute atomic E-state index is 12.3. The number of β-lactam (4-membered cyclic amide) rings is 1. The Morgan fingerprint density at radius 1 is 1.58 bits per heavy atom. The molecular formula is C14H21ClN4O4S. The number of hydrogen-bond acceptors (Lipinski definition) is 6. The summed E-state index contributed by atoms with van der Waals surface area (Å²) >= 11 is 1.38. The number of nitrogens with zero attached hydrogens (tertiary/aromatic N) is 2. The number of nitrogens with two attached hydrogens (primary N) is 2. The van der Waals surface area contributed by atoms with E-state index in [9.17, 15) is 19.5 Å². The predicted octanol–water partition coefficient (Wildman–Crippen LogP) is -1.24. The van der Waals surface area contributed by atoms with Crippen LogP contribution in [0.25, 0.3) is 0 Å². The maximum atomic E-state index is 12.3. The largest absolute Gasteiger partial charge is 0.543 e. The highest BCUT2D eigenvalue weighted by atomic mass is 35.5. The minimum absolute atomic E-state index is 0. The summed E-state index contributed by atoms with van der Waals surface area (Å²) in [6, 6.07) is -0.473. The number of quaternary nitrogens is 1. The van der Waals surface area contributed by atoms with E-state index >= 15 is 0 Å². The molecule has 0 spiro atoms. The van der Waals surface area contributed by atoms with E-state index in [0.717, 1.165) is 4.90 Å². The lowest BCUT2D eigenvalue weighted by Gasteiger charge is -2.54. The lowest BCUT2D eigenvalue weighted by Crippen LogP contribution is -2.77. The number of amides is 3. The molecule has 24 heavy (non-hydrogen) atoms. The number of carbonyl (C=O) groups excluding carboxylic acids is 3. The molecule has 8 nitrogen and oxygen atoms in total. The van der Waals surface area contributed by atoms with Crippen LogP contribution in [0.2, 0.25) is 0 Å². The number of carboxylic acid groups (broad SMARTS) is 1. The Bertz CT molecular complexity index is 626. The van der Waals surface area contributed by atoms with Gasteiger partial charge in [-0.1, -0.05) is 6.08 Å². The van der Waals surface area contributed by atoms with Gasteiger partial charge in [0.1, 0.15) is 17.5 Å². The minimum Gasteiger partial charge on any atom is -0.543 e.